The number of nitrogen functional groups attached to an aromatic ring is 1. The maximum absolute atomic E-state index is 12.1. The smallest absolute Gasteiger partial charge is 0.240 e. The number of nitrogens with two attached hydrogens (primary N) is 1. The molecular formula is C15H19N3O3S. The van der Waals surface area contributed by atoms with E-state index in [9.17, 15) is 8.42 Å². The third-order valence-corrected chi connectivity index (χ3v) is 4.67. The maximum Gasteiger partial charge on any atom is 0.240 e. The molecule has 0 heterocycles. The molecule has 4 N–H and O–H groups in total. The summed E-state index contributed by atoms with van der Waals surface area (Å²) in [5.74, 6) is 6.03. The van der Waals surface area contributed by atoms with Gasteiger partial charge in [0.25, 0.3) is 0 Å². The van der Waals surface area contributed by atoms with Crippen molar-refractivity contribution in [2.45, 2.75) is 11.3 Å². The molecular weight excluding hydrogens is 302 g/mol. The van der Waals surface area contributed by atoms with Gasteiger partial charge in [0.05, 0.1) is 12.0 Å². The lowest BCUT2D eigenvalue weighted by Crippen LogP contribution is -2.26. The van der Waals surface area contributed by atoms with Crippen molar-refractivity contribution in [3.8, 4) is 5.75 Å². The second-order valence-corrected chi connectivity index (χ2v) is 6.43. The maximum atomic E-state index is 12.1. The first kappa shape index (κ1) is 16.3. The predicted molar refractivity (Wildman–Crippen MR) is 86.1 cm³/mol. The SMILES string of the molecule is COc1ccc(CCNS(=O)(=O)c2ccc(NN)cc2)cc1. The molecule has 2 aromatic carbocycles. The molecule has 2 rings (SSSR count). The van der Waals surface area contributed by atoms with E-state index >= 15 is 0 Å². The van der Waals surface area contributed by atoms with Gasteiger partial charge in [-0.2, -0.15) is 0 Å². The zero-order chi connectivity index (χ0) is 16.0. The van der Waals surface area contributed by atoms with Crippen molar-refractivity contribution < 1.29 is 13.2 Å². The topological polar surface area (TPSA) is 93.4 Å². The molecule has 0 aromatic heterocycles. The molecule has 0 aliphatic carbocycles. The molecule has 0 fully saturated rings. The van der Waals surface area contributed by atoms with Crippen LogP contribution in [-0.4, -0.2) is 22.1 Å². The molecule has 0 radical (unpaired) electrons. The summed E-state index contributed by atoms with van der Waals surface area (Å²) in [4.78, 5) is 0.209. The van der Waals surface area contributed by atoms with Crippen LogP contribution in [0.25, 0.3) is 0 Å². The molecule has 0 saturated heterocycles. The van der Waals surface area contributed by atoms with Crippen LogP contribution in [0.5, 0.6) is 5.75 Å². The van der Waals surface area contributed by atoms with Crippen molar-refractivity contribution in [3.63, 3.8) is 0 Å². The van der Waals surface area contributed by atoms with E-state index in [2.05, 4.69) is 10.1 Å². The van der Waals surface area contributed by atoms with Crippen LogP contribution in [-0.2, 0) is 16.4 Å². The van der Waals surface area contributed by atoms with E-state index in [4.69, 9.17) is 10.6 Å². The van der Waals surface area contributed by atoms with Crippen LogP contribution in [0.1, 0.15) is 5.56 Å². The van der Waals surface area contributed by atoms with Gasteiger partial charge in [-0.05, 0) is 48.4 Å². The summed E-state index contributed by atoms with van der Waals surface area (Å²) in [5, 5.41) is 0. The summed E-state index contributed by atoms with van der Waals surface area (Å²) in [5.41, 5.74) is 4.14. The molecule has 0 bridgehead atoms. The molecule has 6 nitrogen and oxygen atoms in total. The van der Waals surface area contributed by atoms with Gasteiger partial charge in [-0.1, -0.05) is 12.1 Å². The summed E-state index contributed by atoms with van der Waals surface area (Å²) in [6.07, 6.45) is 0.603. The van der Waals surface area contributed by atoms with Gasteiger partial charge < -0.3 is 10.2 Å². The summed E-state index contributed by atoms with van der Waals surface area (Å²) in [6, 6.07) is 13.8. The number of hydrogen-bond donors (Lipinski definition) is 3. The fourth-order valence-corrected chi connectivity index (χ4v) is 2.97. The number of hydrogen-bond acceptors (Lipinski definition) is 5. The van der Waals surface area contributed by atoms with Gasteiger partial charge in [-0.25, -0.2) is 13.1 Å². The van der Waals surface area contributed by atoms with E-state index < -0.39 is 10.0 Å². The molecule has 0 aliphatic rings. The average molecular weight is 321 g/mol. The number of nitrogens with one attached hydrogen (secondary N) is 2. The van der Waals surface area contributed by atoms with E-state index in [1.165, 1.54) is 12.1 Å². The van der Waals surface area contributed by atoms with Gasteiger partial charge in [0.2, 0.25) is 10.0 Å². The minimum atomic E-state index is -3.51. The second-order valence-electron chi connectivity index (χ2n) is 4.66. The van der Waals surface area contributed by atoms with Crippen molar-refractivity contribution in [1.29, 1.82) is 0 Å². The van der Waals surface area contributed by atoms with Gasteiger partial charge in [-0.3, -0.25) is 5.84 Å². The lowest BCUT2D eigenvalue weighted by molar-refractivity contribution is 0.414. The molecule has 0 spiro atoms. The summed E-state index contributed by atoms with van der Waals surface area (Å²) in [6.45, 7) is 0.325. The highest BCUT2D eigenvalue weighted by molar-refractivity contribution is 7.89. The zero-order valence-electron chi connectivity index (χ0n) is 12.2. The monoisotopic (exact) mass is 321 g/mol. The van der Waals surface area contributed by atoms with Crippen molar-refractivity contribution in [3.05, 3.63) is 54.1 Å². The van der Waals surface area contributed by atoms with Crippen molar-refractivity contribution >= 4 is 15.7 Å². The Labute approximate surface area is 130 Å². The molecule has 118 valence electrons. The number of methoxy groups -OCH3 is 1. The molecule has 2 aromatic rings. The van der Waals surface area contributed by atoms with E-state index in [-0.39, 0.29) is 4.90 Å². The fraction of sp³-hybridized carbons (Fsp3) is 0.200. The van der Waals surface area contributed by atoms with E-state index in [0.717, 1.165) is 11.3 Å². The fourth-order valence-electron chi connectivity index (χ4n) is 1.94. The highest BCUT2D eigenvalue weighted by atomic mass is 32.2. The van der Waals surface area contributed by atoms with Crippen LogP contribution in [0.4, 0.5) is 5.69 Å². The number of anilines is 1. The second kappa shape index (κ2) is 7.26. The van der Waals surface area contributed by atoms with Crippen LogP contribution in [0.3, 0.4) is 0 Å². The first-order valence-electron chi connectivity index (χ1n) is 6.74. The number of ether oxygens (including phenoxy) is 1. The minimum Gasteiger partial charge on any atom is -0.497 e. The van der Waals surface area contributed by atoms with E-state index in [1.807, 2.05) is 24.3 Å². The van der Waals surface area contributed by atoms with Crippen LogP contribution >= 0.6 is 0 Å². The zero-order valence-corrected chi connectivity index (χ0v) is 13.1. The van der Waals surface area contributed by atoms with Crippen LogP contribution in [0.15, 0.2) is 53.4 Å². The van der Waals surface area contributed by atoms with Crippen molar-refractivity contribution in [2.24, 2.45) is 5.84 Å². The molecule has 0 unspecified atom stereocenters. The van der Waals surface area contributed by atoms with Gasteiger partial charge in [-0.15, -0.1) is 0 Å². The van der Waals surface area contributed by atoms with Gasteiger partial charge in [0, 0.05) is 12.2 Å². The van der Waals surface area contributed by atoms with E-state index in [0.29, 0.717) is 18.7 Å². The Bertz CT molecular complexity index is 698. The lowest BCUT2D eigenvalue weighted by atomic mass is 10.1. The van der Waals surface area contributed by atoms with Crippen LogP contribution in [0.2, 0.25) is 0 Å². The standard InChI is InChI=1S/C15H19N3O3S/c1-21-14-6-2-12(3-7-14)10-11-17-22(19,20)15-8-4-13(18-16)5-9-15/h2-9,17-18H,10-11,16H2,1H3. The third-order valence-electron chi connectivity index (χ3n) is 3.20. The highest BCUT2D eigenvalue weighted by Gasteiger charge is 2.12. The van der Waals surface area contributed by atoms with Crippen LogP contribution in [0, 0.1) is 0 Å². The minimum absolute atomic E-state index is 0.209. The number of sulfonamides is 1. The number of benzene rings is 2. The Hall–Kier alpha value is -2.09. The van der Waals surface area contributed by atoms with Gasteiger partial charge in [0.15, 0.2) is 0 Å². The Morgan fingerprint density at radius 2 is 1.68 bits per heavy atom. The molecule has 0 amide bonds. The number of hydrazine groups is 1. The molecule has 0 aliphatic heterocycles. The molecule has 0 atom stereocenters. The summed E-state index contributed by atoms with van der Waals surface area (Å²) in [7, 11) is -1.91. The van der Waals surface area contributed by atoms with Crippen molar-refractivity contribution in [1.82, 2.24) is 4.72 Å². The largest absolute Gasteiger partial charge is 0.497 e. The number of rotatable bonds is 7. The quantitative estimate of drug-likeness (QED) is 0.531. The first-order chi connectivity index (χ1) is 10.5. The normalized spacial score (nSPS) is 11.2. The Morgan fingerprint density at radius 1 is 1.05 bits per heavy atom. The molecule has 0 saturated carbocycles. The van der Waals surface area contributed by atoms with Gasteiger partial charge >= 0.3 is 0 Å². The predicted octanol–water partition coefficient (Wildman–Crippen LogP) is 1.50. The lowest BCUT2D eigenvalue weighted by Gasteiger charge is -2.08. The molecule has 7 heteroatoms. The highest BCUT2D eigenvalue weighted by Crippen LogP contribution is 2.14. The summed E-state index contributed by atoms with van der Waals surface area (Å²) >= 11 is 0. The summed E-state index contributed by atoms with van der Waals surface area (Å²) < 4.78 is 31.9. The first-order valence-corrected chi connectivity index (χ1v) is 8.23. The Morgan fingerprint density at radius 3 is 2.23 bits per heavy atom. The molecule has 22 heavy (non-hydrogen) atoms. The Kier molecular flexibility index (Phi) is 5.37. The van der Waals surface area contributed by atoms with Gasteiger partial charge in [0.1, 0.15) is 5.75 Å². The van der Waals surface area contributed by atoms with Crippen molar-refractivity contribution in [2.75, 3.05) is 19.1 Å². The third kappa shape index (κ3) is 4.20. The Balaban J connectivity index is 1.93. The van der Waals surface area contributed by atoms with E-state index in [1.54, 1.807) is 19.2 Å². The average Bonchev–Trinajstić information content (AvgIpc) is 2.55. The van der Waals surface area contributed by atoms with Crippen LogP contribution < -0.4 is 20.7 Å².